The van der Waals surface area contributed by atoms with Gasteiger partial charge in [-0.15, -0.1) is 0 Å². The zero-order valence-electron chi connectivity index (χ0n) is 11.2. The van der Waals surface area contributed by atoms with Crippen molar-refractivity contribution in [3.63, 3.8) is 0 Å². The molecule has 2 N–H and O–H groups in total. The van der Waals surface area contributed by atoms with Crippen LogP contribution in [0.4, 0.5) is 20.6 Å². The van der Waals surface area contributed by atoms with Crippen molar-refractivity contribution in [3.8, 4) is 0 Å². The van der Waals surface area contributed by atoms with Crippen molar-refractivity contribution in [2.75, 3.05) is 17.7 Å². The number of halogens is 1. The third-order valence-corrected chi connectivity index (χ3v) is 2.64. The molecule has 0 radical (unpaired) electrons. The van der Waals surface area contributed by atoms with Crippen molar-refractivity contribution in [2.45, 2.75) is 0 Å². The van der Waals surface area contributed by atoms with Crippen LogP contribution in [0.1, 0.15) is 10.4 Å². The van der Waals surface area contributed by atoms with Gasteiger partial charge < -0.3 is 15.4 Å². The molecule has 0 saturated carbocycles. The van der Waals surface area contributed by atoms with Crippen molar-refractivity contribution >= 4 is 23.4 Å². The van der Waals surface area contributed by atoms with Crippen LogP contribution >= 0.6 is 0 Å². The van der Waals surface area contributed by atoms with Crippen LogP contribution in [-0.2, 0) is 4.74 Å². The quantitative estimate of drug-likeness (QED) is 0.852. The number of anilines is 2. The van der Waals surface area contributed by atoms with Crippen LogP contribution in [0.5, 0.6) is 0 Å². The number of esters is 1. The van der Waals surface area contributed by atoms with Crippen LogP contribution in [0.25, 0.3) is 0 Å². The van der Waals surface area contributed by atoms with Gasteiger partial charge in [-0.2, -0.15) is 0 Å². The number of hydrogen-bond donors (Lipinski definition) is 2. The standard InChI is InChI=1S/C15H13FN2O3/c1-21-14(19)10-3-2-4-13(9-10)18-15(20)17-12-7-5-11(16)6-8-12/h2-9H,1H3,(H2,17,18,20). The summed E-state index contributed by atoms with van der Waals surface area (Å²) in [4.78, 5) is 23.2. The molecule has 0 unspecified atom stereocenters. The van der Waals surface area contributed by atoms with E-state index >= 15 is 0 Å². The summed E-state index contributed by atoms with van der Waals surface area (Å²) in [7, 11) is 1.28. The van der Waals surface area contributed by atoms with Crippen molar-refractivity contribution in [2.24, 2.45) is 0 Å². The molecule has 2 aromatic carbocycles. The van der Waals surface area contributed by atoms with E-state index in [9.17, 15) is 14.0 Å². The molecule has 0 saturated heterocycles. The van der Waals surface area contributed by atoms with Crippen molar-refractivity contribution in [1.29, 1.82) is 0 Å². The molecule has 0 atom stereocenters. The Balaban J connectivity index is 2.02. The Bertz CT molecular complexity index is 656. The molecule has 21 heavy (non-hydrogen) atoms. The smallest absolute Gasteiger partial charge is 0.337 e. The Morgan fingerprint density at radius 2 is 1.67 bits per heavy atom. The molecular formula is C15H13FN2O3. The first kappa shape index (κ1) is 14.5. The average Bonchev–Trinajstić information content (AvgIpc) is 2.49. The monoisotopic (exact) mass is 288 g/mol. The number of methoxy groups -OCH3 is 1. The van der Waals surface area contributed by atoms with Crippen LogP contribution in [0.15, 0.2) is 48.5 Å². The summed E-state index contributed by atoms with van der Waals surface area (Å²) in [6, 6.07) is 11.2. The number of rotatable bonds is 3. The highest BCUT2D eigenvalue weighted by atomic mass is 19.1. The van der Waals surface area contributed by atoms with E-state index in [4.69, 9.17) is 0 Å². The molecule has 0 aliphatic rings. The number of amides is 2. The van der Waals surface area contributed by atoms with E-state index in [0.717, 1.165) is 0 Å². The fourth-order valence-electron chi connectivity index (χ4n) is 1.67. The number of hydrogen-bond acceptors (Lipinski definition) is 3. The summed E-state index contributed by atoms with van der Waals surface area (Å²) >= 11 is 0. The summed E-state index contributed by atoms with van der Waals surface area (Å²) in [6.45, 7) is 0. The minimum Gasteiger partial charge on any atom is -0.465 e. The number of nitrogens with one attached hydrogen (secondary N) is 2. The second kappa shape index (κ2) is 6.51. The molecule has 108 valence electrons. The number of urea groups is 1. The van der Waals surface area contributed by atoms with Gasteiger partial charge in [-0.25, -0.2) is 14.0 Å². The highest BCUT2D eigenvalue weighted by Crippen LogP contribution is 2.13. The van der Waals surface area contributed by atoms with Gasteiger partial charge in [-0.3, -0.25) is 0 Å². The second-order valence-electron chi connectivity index (χ2n) is 4.16. The molecule has 6 heteroatoms. The molecule has 0 aromatic heterocycles. The van der Waals surface area contributed by atoms with Gasteiger partial charge >= 0.3 is 12.0 Å². The van der Waals surface area contributed by atoms with E-state index < -0.39 is 12.0 Å². The predicted octanol–water partition coefficient (Wildman–Crippen LogP) is 3.26. The van der Waals surface area contributed by atoms with E-state index in [1.54, 1.807) is 18.2 Å². The molecule has 0 bridgehead atoms. The largest absolute Gasteiger partial charge is 0.465 e. The number of ether oxygens (including phenoxy) is 1. The summed E-state index contributed by atoms with van der Waals surface area (Å²) in [5.74, 6) is -0.871. The first-order valence-electron chi connectivity index (χ1n) is 6.10. The Morgan fingerprint density at radius 3 is 2.33 bits per heavy atom. The highest BCUT2D eigenvalue weighted by Gasteiger charge is 2.07. The van der Waals surface area contributed by atoms with Crippen LogP contribution < -0.4 is 10.6 Å². The lowest BCUT2D eigenvalue weighted by Gasteiger charge is -2.08. The van der Waals surface area contributed by atoms with Crippen LogP contribution in [0.2, 0.25) is 0 Å². The number of carbonyl (C=O) groups is 2. The molecule has 5 nitrogen and oxygen atoms in total. The second-order valence-corrected chi connectivity index (χ2v) is 4.16. The van der Waals surface area contributed by atoms with E-state index in [1.807, 2.05) is 0 Å². The van der Waals surface area contributed by atoms with Gasteiger partial charge in [0.2, 0.25) is 0 Å². The van der Waals surface area contributed by atoms with E-state index in [2.05, 4.69) is 15.4 Å². The van der Waals surface area contributed by atoms with Crippen LogP contribution in [0.3, 0.4) is 0 Å². The minimum absolute atomic E-state index is 0.331. The van der Waals surface area contributed by atoms with Gasteiger partial charge in [0.05, 0.1) is 12.7 Å². The fourth-order valence-corrected chi connectivity index (χ4v) is 1.67. The van der Waals surface area contributed by atoms with Gasteiger partial charge in [0.25, 0.3) is 0 Å². The van der Waals surface area contributed by atoms with Crippen molar-refractivity contribution in [1.82, 2.24) is 0 Å². The van der Waals surface area contributed by atoms with E-state index in [0.29, 0.717) is 16.9 Å². The SMILES string of the molecule is COC(=O)c1cccc(NC(=O)Nc2ccc(F)cc2)c1. The summed E-state index contributed by atoms with van der Waals surface area (Å²) in [5, 5.41) is 5.12. The van der Waals surface area contributed by atoms with Gasteiger partial charge in [0.15, 0.2) is 0 Å². The summed E-state index contributed by atoms with van der Waals surface area (Å²) in [6.07, 6.45) is 0. The highest BCUT2D eigenvalue weighted by molar-refractivity contribution is 6.00. The molecule has 0 aliphatic heterocycles. The Labute approximate surface area is 120 Å². The zero-order valence-corrected chi connectivity index (χ0v) is 11.2. The molecule has 2 rings (SSSR count). The molecule has 2 aromatic rings. The first-order chi connectivity index (χ1) is 10.1. The lowest BCUT2D eigenvalue weighted by atomic mass is 10.2. The number of carbonyl (C=O) groups excluding carboxylic acids is 2. The lowest BCUT2D eigenvalue weighted by molar-refractivity contribution is 0.0600. The third kappa shape index (κ3) is 4.04. The normalized spacial score (nSPS) is 9.81. The minimum atomic E-state index is -0.497. The van der Waals surface area contributed by atoms with E-state index in [-0.39, 0.29) is 5.82 Å². The molecular weight excluding hydrogens is 275 g/mol. The van der Waals surface area contributed by atoms with Crippen LogP contribution in [-0.4, -0.2) is 19.1 Å². The Morgan fingerprint density at radius 1 is 1.00 bits per heavy atom. The molecule has 0 spiro atoms. The fraction of sp³-hybridized carbons (Fsp3) is 0.0667. The summed E-state index contributed by atoms with van der Waals surface area (Å²) in [5.41, 5.74) is 1.23. The van der Waals surface area contributed by atoms with Crippen molar-refractivity contribution < 1.29 is 18.7 Å². The van der Waals surface area contributed by atoms with Gasteiger partial charge in [-0.05, 0) is 42.5 Å². The zero-order chi connectivity index (χ0) is 15.2. The summed E-state index contributed by atoms with van der Waals surface area (Å²) < 4.78 is 17.4. The molecule has 0 aliphatic carbocycles. The van der Waals surface area contributed by atoms with Crippen LogP contribution in [0, 0.1) is 5.82 Å². The first-order valence-corrected chi connectivity index (χ1v) is 6.10. The van der Waals surface area contributed by atoms with Crippen molar-refractivity contribution in [3.05, 3.63) is 59.9 Å². The van der Waals surface area contributed by atoms with E-state index in [1.165, 1.54) is 37.4 Å². The Kier molecular flexibility index (Phi) is 4.50. The molecule has 2 amide bonds. The Hall–Kier alpha value is -2.89. The maximum Gasteiger partial charge on any atom is 0.337 e. The third-order valence-electron chi connectivity index (χ3n) is 2.64. The number of benzene rings is 2. The molecule has 0 fully saturated rings. The molecule has 0 heterocycles. The average molecular weight is 288 g/mol. The maximum atomic E-state index is 12.8. The predicted molar refractivity (Wildman–Crippen MR) is 76.8 cm³/mol. The van der Waals surface area contributed by atoms with Gasteiger partial charge in [0.1, 0.15) is 5.82 Å². The topological polar surface area (TPSA) is 67.4 Å². The maximum absolute atomic E-state index is 12.8. The van der Waals surface area contributed by atoms with Gasteiger partial charge in [0, 0.05) is 11.4 Å². The van der Waals surface area contributed by atoms with Gasteiger partial charge in [-0.1, -0.05) is 6.07 Å². The lowest BCUT2D eigenvalue weighted by Crippen LogP contribution is -2.19.